The third-order valence-corrected chi connectivity index (χ3v) is 3.70. The summed E-state index contributed by atoms with van der Waals surface area (Å²) in [5.74, 6) is 0.00759. The Balaban J connectivity index is 1.89. The normalized spacial score (nSPS) is 24.2. The maximum atomic E-state index is 12.0. The Kier molecular flexibility index (Phi) is 4.96. The molecule has 0 bridgehead atoms. The summed E-state index contributed by atoms with van der Waals surface area (Å²) in [7, 11) is 0. The van der Waals surface area contributed by atoms with Crippen LogP contribution in [-0.4, -0.2) is 42.6 Å². The van der Waals surface area contributed by atoms with Gasteiger partial charge in [-0.3, -0.25) is 9.69 Å². The van der Waals surface area contributed by atoms with Gasteiger partial charge in [-0.1, -0.05) is 12.1 Å². The fraction of sp³-hybridized carbons (Fsp3) is 0.500. The van der Waals surface area contributed by atoms with E-state index in [0.717, 1.165) is 23.2 Å². The molecule has 1 aromatic rings. The van der Waals surface area contributed by atoms with Gasteiger partial charge in [0.05, 0.1) is 24.4 Å². The highest BCUT2D eigenvalue weighted by atomic mass is 79.9. The topological polar surface area (TPSA) is 41.6 Å². The molecule has 1 N–H and O–H groups in total. The van der Waals surface area contributed by atoms with Crippen molar-refractivity contribution in [2.24, 2.45) is 0 Å². The van der Waals surface area contributed by atoms with Crippen molar-refractivity contribution in [3.63, 3.8) is 0 Å². The zero-order valence-electron chi connectivity index (χ0n) is 11.2. The number of nitrogens with zero attached hydrogens (tertiary/aromatic N) is 1. The summed E-state index contributed by atoms with van der Waals surface area (Å²) in [5.41, 5.74) is 0.807. The molecule has 0 aromatic heterocycles. The van der Waals surface area contributed by atoms with Crippen molar-refractivity contribution in [2.75, 3.05) is 25.0 Å². The van der Waals surface area contributed by atoms with Gasteiger partial charge in [0.25, 0.3) is 0 Å². The molecule has 2 atom stereocenters. The van der Waals surface area contributed by atoms with Crippen molar-refractivity contribution < 1.29 is 9.53 Å². The zero-order valence-corrected chi connectivity index (χ0v) is 12.8. The number of anilines is 1. The van der Waals surface area contributed by atoms with Crippen LogP contribution in [0.2, 0.25) is 0 Å². The van der Waals surface area contributed by atoms with Crippen LogP contribution in [0.25, 0.3) is 0 Å². The van der Waals surface area contributed by atoms with Crippen molar-refractivity contribution in [1.29, 1.82) is 0 Å². The van der Waals surface area contributed by atoms with E-state index in [1.54, 1.807) is 0 Å². The van der Waals surface area contributed by atoms with E-state index in [2.05, 4.69) is 26.1 Å². The van der Waals surface area contributed by atoms with Crippen LogP contribution in [0.15, 0.2) is 28.7 Å². The van der Waals surface area contributed by atoms with E-state index in [0.29, 0.717) is 6.54 Å². The highest BCUT2D eigenvalue weighted by molar-refractivity contribution is 9.10. The van der Waals surface area contributed by atoms with Gasteiger partial charge in [0.15, 0.2) is 0 Å². The van der Waals surface area contributed by atoms with Crippen molar-refractivity contribution in [3.05, 3.63) is 28.7 Å². The van der Waals surface area contributed by atoms with Gasteiger partial charge >= 0.3 is 0 Å². The van der Waals surface area contributed by atoms with Gasteiger partial charge in [-0.05, 0) is 41.9 Å². The molecular formula is C14H19BrN2O2. The van der Waals surface area contributed by atoms with Crippen LogP contribution in [-0.2, 0) is 9.53 Å². The summed E-state index contributed by atoms with van der Waals surface area (Å²) in [4.78, 5) is 14.2. The van der Waals surface area contributed by atoms with E-state index >= 15 is 0 Å². The number of carbonyl (C=O) groups is 1. The molecule has 1 amide bonds. The monoisotopic (exact) mass is 326 g/mol. The lowest BCUT2D eigenvalue weighted by atomic mass is 10.2. The fourth-order valence-electron chi connectivity index (χ4n) is 2.37. The molecule has 1 aliphatic rings. The number of hydrogen-bond acceptors (Lipinski definition) is 3. The Morgan fingerprint density at radius 3 is 2.63 bits per heavy atom. The van der Waals surface area contributed by atoms with E-state index in [-0.39, 0.29) is 18.1 Å². The summed E-state index contributed by atoms with van der Waals surface area (Å²) in [6.45, 7) is 6.07. The molecule has 2 rings (SSSR count). The molecule has 1 saturated heterocycles. The minimum absolute atomic E-state index is 0.00759. The molecule has 2 unspecified atom stereocenters. The lowest BCUT2D eigenvalue weighted by Gasteiger charge is -2.34. The van der Waals surface area contributed by atoms with Gasteiger partial charge in [-0.15, -0.1) is 0 Å². The molecule has 104 valence electrons. The van der Waals surface area contributed by atoms with Crippen LogP contribution in [0.4, 0.5) is 5.69 Å². The number of carbonyl (C=O) groups excluding carboxylic acids is 1. The van der Waals surface area contributed by atoms with Crippen molar-refractivity contribution in [3.8, 4) is 0 Å². The first-order valence-corrected chi connectivity index (χ1v) is 7.26. The van der Waals surface area contributed by atoms with Crippen LogP contribution in [0.5, 0.6) is 0 Å². The first kappa shape index (κ1) is 14.5. The minimum atomic E-state index is 0.00759. The van der Waals surface area contributed by atoms with Gasteiger partial charge in [-0.25, -0.2) is 0 Å². The number of ether oxygens (including phenoxy) is 1. The molecule has 4 nitrogen and oxygen atoms in total. The van der Waals surface area contributed by atoms with E-state index in [9.17, 15) is 4.79 Å². The van der Waals surface area contributed by atoms with Gasteiger partial charge < -0.3 is 10.1 Å². The van der Waals surface area contributed by atoms with Crippen molar-refractivity contribution in [1.82, 2.24) is 4.90 Å². The number of para-hydroxylation sites is 1. The van der Waals surface area contributed by atoms with E-state index < -0.39 is 0 Å². The smallest absolute Gasteiger partial charge is 0.238 e. The molecule has 1 aliphatic heterocycles. The second-order valence-electron chi connectivity index (χ2n) is 4.98. The Morgan fingerprint density at radius 1 is 1.37 bits per heavy atom. The number of rotatable bonds is 3. The maximum Gasteiger partial charge on any atom is 0.238 e. The van der Waals surface area contributed by atoms with E-state index in [1.807, 2.05) is 38.1 Å². The molecule has 0 aliphatic carbocycles. The average molecular weight is 327 g/mol. The molecular weight excluding hydrogens is 308 g/mol. The Bertz CT molecular complexity index is 443. The molecule has 1 heterocycles. The SMILES string of the molecule is CC1CN(CC(=O)Nc2ccccc2Br)CC(C)O1. The molecule has 5 heteroatoms. The summed E-state index contributed by atoms with van der Waals surface area (Å²) in [5, 5.41) is 2.92. The van der Waals surface area contributed by atoms with Gasteiger partial charge in [-0.2, -0.15) is 0 Å². The van der Waals surface area contributed by atoms with E-state index in [4.69, 9.17) is 4.74 Å². The first-order valence-electron chi connectivity index (χ1n) is 6.47. The molecule has 1 fully saturated rings. The number of halogens is 1. The van der Waals surface area contributed by atoms with Crippen LogP contribution in [0.1, 0.15) is 13.8 Å². The predicted molar refractivity (Wildman–Crippen MR) is 79.2 cm³/mol. The molecule has 0 saturated carbocycles. The van der Waals surface area contributed by atoms with E-state index in [1.165, 1.54) is 0 Å². The summed E-state index contributed by atoms with van der Waals surface area (Å²) >= 11 is 3.42. The predicted octanol–water partition coefficient (Wildman–Crippen LogP) is 2.50. The summed E-state index contributed by atoms with van der Waals surface area (Å²) in [6, 6.07) is 7.62. The summed E-state index contributed by atoms with van der Waals surface area (Å²) < 4.78 is 6.55. The van der Waals surface area contributed by atoms with Gasteiger partial charge in [0.2, 0.25) is 5.91 Å². The first-order chi connectivity index (χ1) is 9.04. The van der Waals surface area contributed by atoms with Crippen molar-refractivity contribution >= 4 is 27.5 Å². The summed E-state index contributed by atoms with van der Waals surface area (Å²) in [6.07, 6.45) is 0.361. The number of hydrogen-bond donors (Lipinski definition) is 1. The number of amides is 1. The molecule has 0 spiro atoms. The Morgan fingerprint density at radius 2 is 2.00 bits per heavy atom. The zero-order chi connectivity index (χ0) is 13.8. The minimum Gasteiger partial charge on any atom is -0.373 e. The second-order valence-corrected chi connectivity index (χ2v) is 5.83. The van der Waals surface area contributed by atoms with Crippen LogP contribution in [0, 0.1) is 0 Å². The number of nitrogens with one attached hydrogen (secondary N) is 1. The van der Waals surface area contributed by atoms with Crippen LogP contribution >= 0.6 is 15.9 Å². The molecule has 0 radical (unpaired) electrons. The Labute approximate surface area is 122 Å². The Hall–Kier alpha value is -0.910. The maximum absolute atomic E-state index is 12.0. The highest BCUT2D eigenvalue weighted by Gasteiger charge is 2.23. The lowest BCUT2D eigenvalue weighted by molar-refractivity contribution is -0.121. The largest absolute Gasteiger partial charge is 0.373 e. The second kappa shape index (κ2) is 6.50. The van der Waals surface area contributed by atoms with Gasteiger partial charge in [0, 0.05) is 17.6 Å². The highest BCUT2D eigenvalue weighted by Crippen LogP contribution is 2.21. The van der Waals surface area contributed by atoms with Crippen LogP contribution in [0.3, 0.4) is 0 Å². The number of benzene rings is 1. The lowest BCUT2D eigenvalue weighted by Crippen LogP contribution is -2.48. The quantitative estimate of drug-likeness (QED) is 0.927. The molecule has 1 aromatic carbocycles. The van der Waals surface area contributed by atoms with Gasteiger partial charge in [0.1, 0.15) is 0 Å². The third-order valence-electron chi connectivity index (χ3n) is 3.01. The fourth-order valence-corrected chi connectivity index (χ4v) is 2.75. The third kappa shape index (κ3) is 4.30. The average Bonchev–Trinajstić information content (AvgIpc) is 2.30. The van der Waals surface area contributed by atoms with Crippen molar-refractivity contribution in [2.45, 2.75) is 26.1 Å². The van der Waals surface area contributed by atoms with Crippen LogP contribution < -0.4 is 5.32 Å². The molecule has 19 heavy (non-hydrogen) atoms. The standard InChI is InChI=1S/C14H19BrN2O2/c1-10-7-17(8-11(2)19-10)9-14(18)16-13-6-4-3-5-12(13)15/h3-6,10-11H,7-9H2,1-2H3,(H,16,18). The number of morpholine rings is 1.